The van der Waals surface area contributed by atoms with Gasteiger partial charge in [0.25, 0.3) is 0 Å². The van der Waals surface area contributed by atoms with Crippen molar-refractivity contribution in [2.24, 2.45) is 0 Å². The Labute approximate surface area is 154 Å². The average molecular weight is 377 g/mol. The van der Waals surface area contributed by atoms with Crippen molar-refractivity contribution >= 4 is 10.0 Å². The van der Waals surface area contributed by atoms with E-state index in [4.69, 9.17) is 0 Å². The Morgan fingerprint density at radius 3 is 2.23 bits per heavy atom. The highest BCUT2D eigenvalue weighted by atomic mass is 32.2. The van der Waals surface area contributed by atoms with E-state index in [1.54, 1.807) is 42.5 Å². The van der Waals surface area contributed by atoms with Crippen molar-refractivity contribution in [3.63, 3.8) is 0 Å². The zero-order valence-electron chi connectivity index (χ0n) is 14.8. The molecule has 0 aliphatic carbocycles. The van der Waals surface area contributed by atoms with E-state index >= 15 is 0 Å². The molecule has 0 spiro atoms. The van der Waals surface area contributed by atoms with Crippen LogP contribution in [0, 0.1) is 5.82 Å². The molecule has 0 aromatic heterocycles. The van der Waals surface area contributed by atoms with Crippen LogP contribution in [0.4, 0.5) is 4.39 Å². The summed E-state index contributed by atoms with van der Waals surface area (Å²) in [4.78, 5) is 4.74. The number of halogens is 1. The van der Waals surface area contributed by atoms with Crippen LogP contribution in [0.3, 0.4) is 0 Å². The van der Waals surface area contributed by atoms with Crippen LogP contribution in [-0.2, 0) is 10.0 Å². The van der Waals surface area contributed by atoms with Crippen molar-refractivity contribution in [3.8, 4) is 0 Å². The molecule has 2 aromatic carbocycles. The van der Waals surface area contributed by atoms with E-state index in [1.165, 1.54) is 12.1 Å². The molecule has 1 aliphatic rings. The monoisotopic (exact) mass is 377 g/mol. The lowest BCUT2D eigenvalue weighted by atomic mass is 10.0. The maximum absolute atomic E-state index is 13.3. The van der Waals surface area contributed by atoms with Gasteiger partial charge in [-0.1, -0.05) is 30.3 Å². The highest BCUT2D eigenvalue weighted by Crippen LogP contribution is 2.23. The summed E-state index contributed by atoms with van der Waals surface area (Å²) in [6.45, 7) is 3.76. The largest absolute Gasteiger partial charge is 0.304 e. The van der Waals surface area contributed by atoms with Crippen molar-refractivity contribution in [2.45, 2.75) is 10.9 Å². The van der Waals surface area contributed by atoms with E-state index < -0.39 is 10.0 Å². The fourth-order valence-electron chi connectivity index (χ4n) is 3.15. The zero-order valence-corrected chi connectivity index (χ0v) is 15.6. The molecular weight excluding hydrogens is 353 g/mol. The van der Waals surface area contributed by atoms with Crippen LogP contribution in [0.2, 0.25) is 0 Å². The van der Waals surface area contributed by atoms with Crippen molar-refractivity contribution in [2.75, 3.05) is 39.8 Å². The first-order chi connectivity index (χ1) is 12.5. The lowest BCUT2D eigenvalue weighted by molar-refractivity contribution is 0.113. The quantitative estimate of drug-likeness (QED) is 0.838. The van der Waals surface area contributed by atoms with E-state index in [2.05, 4.69) is 21.6 Å². The fourth-order valence-corrected chi connectivity index (χ4v) is 4.21. The summed E-state index contributed by atoms with van der Waals surface area (Å²) < 4.78 is 41.1. The van der Waals surface area contributed by atoms with E-state index in [-0.39, 0.29) is 23.3 Å². The highest BCUT2D eigenvalue weighted by molar-refractivity contribution is 7.89. The molecule has 0 saturated carbocycles. The van der Waals surface area contributed by atoms with Crippen molar-refractivity contribution in [1.29, 1.82) is 0 Å². The predicted octanol–water partition coefficient (Wildman–Crippen LogP) is 2.09. The van der Waals surface area contributed by atoms with Crippen molar-refractivity contribution in [1.82, 2.24) is 14.5 Å². The average Bonchev–Trinajstić information content (AvgIpc) is 2.65. The molecular formula is C19H24FN3O2S. The van der Waals surface area contributed by atoms with Crippen molar-refractivity contribution in [3.05, 3.63) is 66.0 Å². The lowest BCUT2D eigenvalue weighted by Gasteiger charge is -2.38. The molecule has 0 amide bonds. The van der Waals surface area contributed by atoms with Gasteiger partial charge in [-0.2, -0.15) is 0 Å². The van der Waals surface area contributed by atoms with E-state index in [9.17, 15) is 12.8 Å². The summed E-state index contributed by atoms with van der Waals surface area (Å²) in [7, 11) is -1.51. The molecule has 140 valence electrons. The molecule has 1 aliphatic heterocycles. The van der Waals surface area contributed by atoms with Crippen LogP contribution in [-0.4, -0.2) is 58.0 Å². The summed E-state index contributed by atoms with van der Waals surface area (Å²) in [5.74, 6) is -0.296. The van der Waals surface area contributed by atoms with Gasteiger partial charge in [-0.05, 0) is 36.9 Å². The molecule has 26 heavy (non-hydrogen) atoms. The fraction of sp³-hybridized carbons (Fsp3) is 0.368. The Bertz CT molecular complexity index is 804. The van der Waals surface area contributed by atoms with Gasteiger partial charge in [0.15, 0.2) is 0 Å². The molecule has 1 fully saturated rings. The molecule has 1 saturated heterocycles. The van der Waals surface area contributed by atoms with Gasteiger partial charge in [0, 0.05) is 38.8 Å². The first-order valence-electron chi connectivity index (χ1n) is 8.68. The van der Waals surface area contributed by atoms with Gasteiger partial charge >= 0.3 is 0 Å². The summed E-state index contributed by atoms with van der Waals surface area (Å²) >= 11 is 0. The smallest absolute Gasteiger partial charge is 0.240 e. The number of rotatable bonds is 6. The zero-order chi connectivity index (χ0) is 18.6. The number of piperazine rings is 1. The molecule has 0 radical (unpaired) electrons. The van der Waals surface area contributed by atoms with Crippen LogP contribution >= 0.6 is 0 Å². The first-order valence-corrected chi connectivity index (χ1v) is 10.2. The Balaban J connectivity index is 1.78. The number of hydrogen-bond acceptors (Lipinski definition) is 4. The van der Waals surface area contributed by atoms with Crippen molar-refractivity contribution < 1.29 is 12.8 Å². The summed E-state index contributed by atoms with van der Waals surface area (Å²) in [5.41, 5.74) is 0.909. The van der Waals surface area contributed by atoms with Gasteiger partial charge in [0.2, 0.25) is 10.0 Å². The SMILES string of the molecule is CN1CCN([C@H](CNS(=O)(=O)c2ccccc2)c2ccc(F)cc2)CC1. The van der Waals surface area contributed by atoms with Crippen LogP contribution in [0.1, 0.15) is 11.6 Å². The Hall–Kier alpha value is -1.80. The third-order valence-electron chi connectivity index (χ3n) is 4.75. The highest BCUT2D eigenvalue weighted by Gasteiger charge is 2.26. The van der Waals surface area contributed by atoms with Gasteiger partial charge in [-0.25, -0.2) is 17.5 Å². The minimum atomic E-state index is -3.58. The van der Waals surface area contributed by atoms with Gasteiger partial charge in [-0.15, -0.1) is 0 Å². The standard InChI is InChI=1S/C19H24FN3O2S/c1-22-11-13-23(14-12-22)19(16-7-9-17(20)10-8-16)15-21-26(24,25)18-5-3-2-4-6-18/h2-10,19,21H,11-15H2,1H3/t19-/m1/s1. The van der Waals surface area contributed by atoms with Gasteiger partial charge in [0.05, 0.1) is 4.90 Å². The van der Waals surface area contributed by atoms with E-state index in [1.807, 2.05) is 0 Å². The van der Waals surface area contributed by atoms with Gasteiger partial charge in [0.1, 0.15) is 5.82 Å². The second-order valence-electron chi connectivity index (χ2n) is 6.57. The molecule has 7 heteroatoms. The minimum absolute atomic E-state index is 0.136. The van der Waals surface area contributed by atoms with Crippen LogP contribution in [0.5, 0.6) is 0 Å². The molecule has 1 atom stereocenters. The molecule has 0 unspecified atom stereocenters. The Morgan fingerprint density at radius 2 is 1.62 bits per heavy atom. The number of nitrogens with one attached hydrogen (secondary N) is 1. The Kier molecular flexibility index (Phi) is 6.03. The summed E-state index contributed by atoms with van der Waals surface area (Å²) in [6.07, 6.45) is 0. The second-order valence-corrected chi connectivity index (χ2v) is 8.34. The number of benzene rings is 2. The van der Waals surface area contributed by atoms with E-state index in [0.29, 0.717) is 0 Å². The molecule has 0 bridgehead atoms. The normalized spacial score (nSPS) is 17.9. The Morgan fingerprint density at radius 1 is 1.00 bits per heavy atom. The maximum atomic E-state index is 13.3. The van der Waals surface area contributed by atoms with Crippen LogP contribution in [0.25, 0.3) is 0 Å². The molecule has 1 heterocycles. The molecule has 2 aromatic rings. The summed E-state index contributed by atoms with van der Waals surface area (Å²) in [5, 5.41) is 0. The number of sulfonamides is 1. The summed E-state index contributed by atoms with van der Waals surface area (Å²) in [6, 6.07) is 14.5. The molecule has 3 rings (SSSR count). The van der Waals surface area contributed by atoms with Crippen LogP contribution < -0.4 is 4.72 Å². The lowest BCUT2D eigenvalue weighted by Crippen LogP contribution is -2.48. The van der Waals surface area contributed by atoms with Gasteiger partial charge in [-0.3, -0.25) is 4.90 Å². The van der Waals surface area contributed by atoms with Gasteiger partial charge < -0.3 is 4.90 Å². The van der Waals surface area contributed by atoms with E-state index in [0.717, 1.165) is 31.7 Å². The predicted molar refractivity (Wildman–Crippen MR) is 99.8 cm³/mol. The second kappa shape index (κ2) is 8.26. The number of nitrogens with zero attached hydrogens (tertiary/aromatic N) is 2. The van der Waals surface area contributed by atoms with Crippen LogP contribution in [0.15, 0.2) is 59.5 Å². The number of hydrogen-bond donors (Lipinski definition) is 1. The molecule has 1 N–H and O–H groups in total. The molecule has 5 nitrogen and oxygen atoms in total. The maximum Gasteiger partial charge on any atom is 0.240 e. The minimum Gasteiger partial charge on any atom is -0.304 e. The third-order valence-corrected chi connectivity index (χ3v) is 6.19. The first kappa shape index (κ1) is 19.0. The third kappa shape index (κ3) is 4.67. The topological polar surface area (TPSA) is 52.6 Å². The number of likely N-dealkylation sites (N-methyl/N-ethyl adjacent to an activating group) is 1.